The van der Waals surface area contributed by atoms with Gasteiger partial charge in [0.2, 0.25) is 0 Å². The zero-order valence-electron chi connectivity index (χ0n) is 8.68. The van der Waals surface area contributed by atoms with Crippen molar-refractivity contribution in [2.24, 2.45) is 0 Å². The van der Waals surface area contributed by atoms with Crippen molar-refractivity contribution in [2.45, 2.75) is 26.2 Å². The molecule has 1 rings (SSSR count). The van der Waals surface area contributed by atoms with Crippen LogP contribution < -0.4 is 0 Å². The molecule has 0 N–H and O–H groups in total. The van der Waals surface area contributed by atoms with Crippen molar-refractivity contribution in [3.05, 3.63) is 0 Å². The summed E-state index contributed by atoms with van der Waals surface area (Å²) in [6.45, 7) is 2.14. The summed E-state index contributed by atoms with van der Waals surface area (Å²) in [6.07, 6.45) is 6.60. The Morgan fingerprint density at radius 2 is 1.27 bits per heavy atom. The topological polar surface area (TPSA) is 3.24 Å². The molecule has 0 aromatic rings. The molecule has 0 atom stereocenters. The Kier molecular flexibility index (Phi) is 16.3. The van der Waals surface area contributed by atoms with E-state index in [1.807, 2.05) is 37.8 Å². The highest BCUT2D eigenvalue weighted by atomic mass is 32.2. The Balaban J connectivity index is 0. The third-order valence-electron chi connectivity index (χ3n) is 0.642. The summed E-state index contributed by atoms with van der Waals surface area (Å²) in [6, 6.07) is 0. The summed E-state index contributed by atoms with van der Waals surface area (Å²) in [5, 5.41) is 0. The van der Waals surface area contributed by atoms with E-state index in [2.05, 4.69) is 13.2 Å². The molecule has 2 heteroatoms. The molecule has 11 heavy (non-hydrogen) atoms. The Labute approximate surface area is 76.5 Å². The maximum absolute atomic E-state index is 2.14. The van der Waals surface area contributed by atoms with Crippen molar-refractivity contribution in [2.75, 3.05) is 33.2 Å². The van der Waals surface area contributed by atoms with E-state index in [9.17, 15) is 0 Å². The molecule has 0 spiro atoms. The van der Waals surface area contributed by atoms with E-state index in [0.29, 0.717) is 0 Å². The minimum Gasteiger partial charge on any atom is -0.312 e. The molecule has 0 bridgehead atoms. The summed E-state index contributed by atoms with van der Waals surface area (Å²) in [7, 11) is 6.00. The second kappa shape index (κ2) is 12.9. The highest BCUT2D eigenvalue weighted by Crippen LogP contribution is 2.14. The smallest absolute Gasteiger partial charge is 0.00988 e. The van der Waals surface area contributed by atoms with Crippen molar-refractivity contribution < 1.29 is 0 Å². The van der Waals surface area contributed by atoms with Gasteiger partial charge in [-0.1, -0.05) is 26.2 Å². The van der Waals surface area contributed by atoms with Gasteiger partial charge in [-0.25, -0.2) is 0 Å². The van der Waals surface area contributed by atoms with Crippen LogP contribution >= 0.6 is 11.8 Å². The minimum atomic E-state index is 1.24. The van der Waals surface area contributed by atoms with Crippen molar-refractivity contribution in [3.8, 4) is 0 Å². The van der Waals surface area contributed by atoms with Crippen LogP contribution in [0.3, 0.4) is 0 Å². The van der Waals surface area contributed by atoms with Crippen LogP contribution in [0.25, 0.3) is 0 Å². The fourth-order valence-electron chi connectivity index (χ4n) is 0. The van der Waals surface area contributed by atoms with Crippen LogP contribution in [0.1, 0.15) is 26.2 Å². The minimum absolute atomic E-state index is 1.24. The van der Waals surface area contributed by atoms with Crippen LogP contribution in [-0.2, 0) is 0 Å². The first-order valence-corrected chi connectivity index (χ1v) is 5.64. The van der Waals surface area contributed by atoms with E-state index in [-0.39, 0.29) is 0 Å². The predicted octanol–water partition coefficient (Wildman–Crippen LogP) is 2.72. The van der Waals surface area contributed by atoms with Gasteiger partial charge in [0, 0.05) is 0 Å². The first kappa shape index (κ1) is 13.9. The Bertz CT molecular complexity index is 46.0. The molecular weight excluding hydrogens is 154 g/mol. The van der Waals surface area contributed by atoms with Crippen molar-refractivity contribution in [1.82, 2.24) is 4.90 Å². The zero-order chi connectivity index (χ0) is 9.11. The second-order valence-corrected chi connectivity index (χ2v) is 4.13. The molecule has 1 aliphatic rings. The number of thioether (sulfide) groups is 1. The summed E-state index contributed by atoms with van der Waals surface area (Å²) in [4.78, 5) is 2.00. The maximum Gasteiger partial charge on any atom is -0.00988 e. The van der Waals surface area contributed by atoms with Gasteiger partial charge in [0.1, 0.15) is 0 Å². The lowest BCUT2D eigenvalue weighted by Gasteiger charge is -1.90. The van der Waals surface area contributed by atoms with Gasteiger partial charge in [0.05, 0.1) is 0 Å². The largest absolute Gasteiger partial charge is 0.312 e. The molecule has 0 aliphatic heterocycles. The van der Waals surface area contributed by atoms with Gasteiger partial charge in [0.25, 0.3) is 0 Å². The van der Waals surface area contributed by atoms with Crippen LogP contribution in [0.4, 0.5) is 0 Å². The highest BCUT2D eigenvalue weighted by molar-refractivity contribution is 7.98. The van der Waals surface area contributed by atoms with Crippen LogP contribution in [0, 0.1) is 0 Å². The third-order valence-corrected chi connectivity index (χ3v) is 1.22. The first-order chi connectivity index (χ1) is 5.15. The van der Waals surface area contributed by atoms with Gasteiger partial charge in [-0.2, -0.15) is 11.8 Å². The maximum atomic E-state index is 2.14. The average Bonchev–Trinajstić information content (AvgIpc) is 2.70. The van der Waals surface area contributed by atoms with Gasteiger partial charge in [-0.3, -0.25) is 0 Å². The molecule has 70 valence electrons. The van der Waals surface area contributed by atoms with Gasteiger partial charge in [-0.05, 0) is 33.2 Å². The van der Waals surface area contributed by atoms with Crippen LogP contribution in [0.15, 0.2) is 0 Å². The van der Waals surface area contributed by atoms with E-state index >= 15 is 0 Å². The molecular formula is C9H23NS. The SMILES string of the molecule is C1CC1.CCSC.CN(C)C. The lowest BCUT2D eigenvalue weighted by Crippen LogP contribution is -1.99. The van der Waals surface area contributed by atoms with Crippen molar-refractivity contribution >= 4 is 11.8 Å². The second-order valence-electron chi connectivity index (χ2n) is 2.98. The number of nitrogens with zero attached hydrogens (tertiary/aromatic N) is 1. The molecule has 0 radical (unpaired) electrons. The Hall–Kier alpha value is 0.310. The molecule has 0 heterocycles. The monoisotopic (exact) mass is 177 g/mol. The van der Waals surface area contributed by atoms with Crippen LogP contribution in [0.5, 0.6) is 0 Å². The first-order valence-electron chi connectivity index (χ1n) is 4.25. The van der Waals surface area contributed by atoms with Crippen molar-refractivity contribution in [1.29, 1.82) is 0 Å². The van der Waals surface area contributed by atoms with Gasteiger partial charge < -0.3 is 4.90 Å². The Morgan fingerprint density at radius 3 is 1.27 bits per heavy atom. The standard InChI is InChI=1S/C3H9N.C3H8S.C3H6/c1-4(2)3;1-3-4-2;1-2-3-1/h1-3H3;3H2,1-2H3;1-3H2. The van der Waals surface area contributed by atoms with E-state index in [1.165, 1.54) is 25.0 Å². The van der Waals surface area contributed by atoms with Crippen LogP contribution in [0.2, 0.25) is 0 Å². The molecule has 0 aromatic heterocycles. The summed E-state index contributed by atoms with van der Waals surface area (Å²) in [5.41, 5.74) is 0. The van der Waals surface area contributed by atoms with E-state index in [4.69, 9.17) is 0 Å². The normalized spacial score (nSPS) is 12.5. The third kappa shape index (κ3) is 133. The number of hydrogen-bond acceptors (Lipinski definition) is 2. The molecule has 1 nitrogen and oxygen atoms in total. The van der Waals surface area contributed by atoms with E-state index in [1.54, 1.807) is 0 Å². The predicted molar refractivity (Wildman–Crippen MR) is 57.5 cm³/mol. The fraction of sp³-hybridized carbons (Fsp3) is 1.00. The highest BCUT2D eigenvalue weighted by Gasteiger charge is 1.95. The summed E-state index contributed by atoms with van der Waals surface area (Å²) in [5.74, 6) is 1.24. The molecule has 1 aliphatic carbocycles. The zero-order valence-corrected chi connectivity index (χ0v) is 9.50. The van der Waals surface area contributed by atoms with E-state index < -0.39 is 0 Å². The molecule has 0 unspecified atom stereocenters. The lowest BCUT2D eigenvalue weighted by molar-refractivity contribution is 0.505. The number of rotatable bonds is 1. The summed E-state index contributed by atoms with van der Waals surface area (Å²) >= 11 is 1.86. The fourth-order valence-corrected chi connectivity index (χ4v) is 0. The Morgan fingerprint density at radius 1 is 1.09 bits per heavy atom. The average molecular weight is 177 g/mol. The quantitative estimate of drug-likeness (QED) is 0.606. The van der Waals surface area contributed by atoms with Crippen molar-refractivity contribution in [3.63, 3.8) is 0 Å². The van der Waals surface area contributed by atoms with Gasteiger partial charge in [0.15, 0.2) is 0 Å². The van der Waals surface area contributed by atoms with Gasteiger partial charge >= 0.3 is 0 Å². The number of hydrogen-bond donors (Lipinski definition) is 0. The van der Waals surface area contributed by atoms with Gasteiger partial charge in [-0.15, -0.1) is 0 Å². The van der Waals surface area contributed by atoms with Crippen LogP contribution in [-0.4, -0.2) is 38.1 Å². The molecule has 0 saturated heterocycles. The molecule has 0 amide bonds. The molecule has 0 aromatic carbocycles. The molecule has 1 fully saturated rings. The molecule has 1 saturated carbocycles. The van der Waals surface area contributed by atoms with E-state index in [0.717, 1.165) is 0 Å². The summed E-state index contributed by atoms with van der Waals surface area (Å²) < 4.78 is 0. The lowest BCUT2D eigenvalue weighted by atomic mass is 11.0.